The molecular formula is C30H48O2. The average Bonchev–Trinajstić information content (AvgIpc) is 3.12. The van der Waals surface area contributed by atoms with Crippen molar-refractivity contribution >= 4 is 5.97 Å². The molecule has 5 fully saturated rings. The fraction of sp³-hybridized carbons (Fsp3) is 0.900. The van der Waals surface area contributed by atoms with E-state index in [0.29, 0.717) is 39.9 Å². The van der Waals surface area contributed by atoms with E-state index >= 15 is 0 Å². The second-order valence-electron chi connectivity index (χ2n) is 14.3. The van der Waals surface area contributed by atoms with Crippen LogP contribution >= 0.6 is 0 Å². The number of hydrogen-bond acceptors (Lipinski definition) is 1. The smallest absolute Gasteiger partial charge is 0.309 e. The molecule has 2 heteroatoms. The Hall–Kier alpha value is -0.790. The number of aliphatic carboxylic acids is 1. The Kier molecular flexibility index (Phi) is 5.10. The van der Waals surface area contributed by atoms with Crippen molar-refractivity contribution in [1.82, 2.24) is 0 Å². The highest BCUT2D eigenvalue weighted by Crippen LogP contribution is 2.74. The van der Waals surface area contributed by atoms with Gasteiger partial charge in [0.1, 0.15) is 0 Å². The molecule has 32 heavy (non-hydrogen) atoms. The van der Waals surface area contributed by atoms with E-state index in [0.717, 1.165) is 43.4 Å². The molecule has 5 saturated carbocycles. The second kappa shape index (κ2) is 7.11. The molecule has 10 atom stereocenters. The van der Waals surface area contributed by atoms with Gasteiger partial charge in [-0.3, -0.25) is 4.79 Å². The Morgan fingerprint density at radius 2 is 1.50 bits per heavy atom. The molecule has 2 nitrogen and oxygen atoms in total. The van der Waals surface area contributed by atoms with Gasteiger partial charge >= 0.3 is 5.97 Å². The van der Waals surface area contributed by atoms with Gasteiger partial charge in [0.15, 0.2) is 0 Å². The molecule has 5 aliphatic carbocycles. The molecule has 0 spiro atoms. The lowest BCUT2D eigenvalue weighted by Crippen LogP contribution is -2.62. The van der Waals surface area contributed by atoms with Crippen LogP contribution in [0.3, 0.4) is 0 Å². The van der Waals surface area contributed by atoms with Crippen LogP contribution in [-0.4, -0.2) is 11.1 Å². The fourth-order valence-electron chi connectivity index (χ4n) is 11.4. The van der Waals surface area contributed by atoms with E-state index in [-0.39, 0.29) is 0 Å². The van der Waals surface area contributed by atoms with Crippen LogP contribution in [0.5, 0.6) is 0 Å². The second-order valence-corrected chi connectivity index (χ2v) is 14.3. The third kappa shape index (κ3) is 2.73. The molecule has 0 heterocycles. The predicted molar refractivity (Wildman–Crippen MR) is 131 cm³/mol. The molecule has 0 aromatic carbocycles. The first-order valence-electron chi connectivity index (χ1n) is 13.8. The normalized spacial score (nSPS) is 54.0. The van der Waals surface area contributed by atoms with Crippen molar-refractivity contribution in [2.24, 2.45) is 63.1 Å². The third-order valence-electron chi connectivity index (χ3n) is 13.2. The summed E-state index contributed by atoms with van der Waals surface area (Å²) in [4.78, 5) is 12.7. The Morgan fingerprint density at radius 1 is 0.844 bits per heavy atom. The maximum absolute atomic E-state index is 12.7. The van der Waals surface area contributed by atoms with E-state index in [1.807, 2.05) is 0 Å². The number of fused-ring (bicyclic) bond motifs is 7. The highest BCUT2D eigenvalue weighted by molar-refractivity contribution is 5.76. The Morgan fingerprint density at radius 3 is 2.16 bits per heavy atom. The van der Waals surface area contributed by atoms with Gasteiger partial charge in [0, 0.05) is 0 Å². The number of carbonyl (C=O) groups is 1. The van der Waals surface area contributed by atoms with Gasteiger partial charge in [0.25, 0.3) is 0 Å². The molecule has 0 aliphatic heterocycles. The monoisotopic (exact) mass is 440 g/mol. The molecule has 0 amide bonds. The predicted octanol–water partition coefficient (Wildman–Crippen LogP) is 7.97. The van der Waals surface area contributed by atoms with Gasteiger partial charge in [0.05, 0.1) is 5.41 Å². The molecule has 0 radical (unpaired) electrons. The van der Waals surface area contributed by atoms with Gasteiger partial charge in [-0.1, -0.05) is 46.8 Å². The molecule has 5 rings (SSSR count). The van der Waals surface area contributed by atoms with Crippen LogP contribution in [0.4, 0.5) is 0 Å². The van der Waals surface area contributed by atoms with Crippen molar-refractivity contribution in [3.05, 3.63) is 12.2 Å². The third-order valence-corrected chi connectivity index (χ3v) is 13.2. The van der Waals surface area contributed by atoms with Gasteiger partial charge in [-0.15, -0.1) is 0 Å². The Bertz CT molecular complexity index is 812. The van der Waals surface area contributed by atoms with E-state index in [2.05, 4.69) is 48.1 Å². The summed E-state index contributed by atoms with van der Waals surface area (Å²) in [5, 5.41) is 10.4. The molecule has 0 aromatic rings. The van der Waals surface area contributed by atoms with Crippen molar-refractivity contribution in [2.45, 2.75) is 106 Å². The van der Waals surface area contributed by atoms with E-state index in [1.54, 1.807) is 0 Å². The molecule has 1 N–H and O–H groups in total. The first kappa shape index (κ1) is 23.0. The van der Waals surface area contributed by atoms with Crippen molar-refractivity contribution < 1.29 is 9.90 Å². The first-order valence-corrected chi connectivity index (χ1v) is 13.8. The van der Waals surface area contributed by atoms with E-state index in [1.165, 1.54) is 44.1 Å². The first-order chi connectivity index (χ1) is 14.9. The summed E-state index contributed by atoms with van der Waals surface area (Å²) in [6, 6.07) is 0. The van der Waals surface area contributed by atoms with Gasteiger partial charge in [-0.25, -0.2) is 0 Å². The van der Waals surface area contributed by atoms with Crippen LogP contribution in [0.2, 0.25) is 0 Å². The van der Waals surface area contributed by atoms with Crippen LogP contribution in [0.15, 0.2) is 12.2 Å². The van der Waals surface area contributed by atoms with Crippen LogP contribution in [-0.2, 0) is 4.79 Å². The van der Waals surface area contributed by atoms with Gasteiger partial charge in [0.2, 0.25) is 0 Å². The summed E-state index contributed by atoms with van der Waals surface area (Å²) in [5.41, 5.74) is 2.05. The molecule has 0 aromatic heterocycles. The fourth-order valence-corrected chi connectivity index (χ4v) is 11.4. The van der Waals surface area contributed by atoms with Crippen LogP contribution in [0.25, 0.3) is 0 Å². The number of carboxylic acid groups (broad SMARTS) is 1. The van der Waals surface area contributed by atoms with Crippen molar-refractivity contribution in [2.75, 3.05) is 0 Å². The zero-order chi connectivity index (χ0) is 23.3. The number of allylic oxidation sites excluding steroid dienone is 1. The maximum atomic E-state index is 12.7. The van der Waals surface area contributed by atoms with E-state index in [4.69, 9.17) is 0 Å². The molecule has 0 bridgehead atoms. The summed E-state index contributed by atoms with van der Waals surface area (Å²) < 4.78 is 0. The van der Waals surface area contributed by atoms with Crippen molar-refractivity contribution in [3.8, 4) is 0 Å². The lowest BCUT2D eigenvalue weighted by Gasteiger charge is -2.69. The van der Waals surface area contributed by atoms with E-state index < -0.39 is 11.4 Å². The van der Waals surface area contributed by atoms with Crippen molar-refractivity contribution in [1.29, 1.82) is 0 Å². The summed E-state index contributed by atoms with van der Waals surface area (Å²) in [7, 11) is 0. The van der Waals surface area contributed by atoms with Gasteiger partial charge in [-0.2, -0.15) is 0 Å². The molecule has 0 saturated heterocycles. The van der Waals surface area contributed by atoms with Crippen molar-refractivity contribution in [3.63, 3.8) is 0 Å². The largest absolute Gasteiger partial charge is 0.481 e. The highest BCUT2D eigenvalue weighted by Gasteiger charge is 2.68. The lowest BCUT2D eigenvalue weighted by molar-refractivity contribution is -0.209. The van der Waals surface area contributed by atoms with E-state index in [9.17, 15) is 9.90 Å². The molecular weight excluding hydrogens is 392 g/mol. The number of carboxylic acids is 1. The SMILES string of the molecule is C=C(C)[C@@H]1CC[C@]2(C(=O)O)CCC3C(CCC4[C@@]3(C)CCC3C(C)(C)[C@@H](C)CC[C@@]34C)C12. The average molecular weight is 441 g/mol. The zero-order valence-corrected chi connectivity index (χ0v) is 21.7. The highest BCUT2D eigenvalue weighted by atomic mass is 16.4. The summed E-state index contributed by atoms with van der Waals surface area (Å²) >= 11 is 0. The minimum Gasteiger partial charge on any atom is -0.481 e. The topological polar surface area (TPSA) is 37.3 Å². The van der Waals surface area contributed by atoms with Gasteiger partial charge in [-0.05, 0) is 129 Å². The standard InChI is InChI=1S/C30H48O2/c1-18(2)20-11-16-30(26(31)32)17-12-22-21(25(20)30)8-9-24-28(22,6)15-13-23-27(4,5)19(3)10-14-29(23,24)7/h19-25H,1,8-17H2,2-7H3,(H,31,32)/t19-,20-,21?,22?,23?,24?,25?,28-,29-,30-/m0/s1. The van der Waals surface area contributed by atoms with Crippen LogP contribution in [0.1, 0.15) is 106 Å². The molecule has 5 unspecified atom stereocenters. The number of rotatable bonds is 2. The zero-order valence-electron chi connectivity index (χ0n) is 21.7. The van der Waals surface area contributed by atoms with Gasteiger partial charge < -0.3 is 5.11 Å². The summed E-state index contributed by atoms with van der Waals surface area (Å²) in [6.07, 6.45) is 12.1. The minimum absolute atomic E-state index is 0.322. The van der Waals surface area contributed by atoms with Crippen LogP contribution in [0, 0.1) is 63.1 Å². The Labute approximate surface area is 197 Å². The van der Waals surface area contributed by atoms with Crippen LogP contribution < -0.4 is 0 Å². The quantitative estimate of drug-likeness (QED) is 0.442. The summed E-state index contributed by atoms with van der Waals surface area (Å²) in [6.45, 7) is 19.5. The summed E-state index contributed by atoms with van der Waals surface area (Å²) in [5.74, 6) is 3.99. The minimum atomic E-state index is -0.504. The number of hydrogen-bond donors (Lipinski definition) is 1. The maximum Gasteiger partial charge on any atom is 0.309 e. The molecule has 180 valence electrons. The molecule has 5 aliphatic rings. The lowest BCUT2D eigenvalue weighted by atomic mass is 9.35. The Balaban J connectivity index is 1.52.